The molecule has 0 bridgehead atoms. The first-order valence-electron chi connectivity index (χ1n) is 6.24. The molecule has 0 aromatic heterocycles. The van der Waals surface area contributed by atoms with Gasteiger partial charge in [0.15, 0.2) is 0 Å². The quantitative estimate of drug-likeness (QED) is 0.848. The van der Waals surface area contributed by atoms with Crippen LogP contribution in [0.2, 0.25) is 0 Å². The summed E-state index contributed by atoms with van der Waals surface area (Å²) in [5.74, 6) is 1.78. The first kappa shape index (κ1) is 15.5. The van der Waals surface area contributed by atoms with E-state index in [9.17, 15) is 0 Å². The van der Waals surface area contributed by atoms with Crippen molar-refractivity contribution in [2.24, 2.45) is 17.6 Å². The standard InChI is InChI=1S/C14H23BrN2O/c1-9(2)11(8-17-3)14(16)10-5-6-13(18-4)12(15)7-10/h5-7,9,11,14,17H,8,16H2,1-4H3. The summed E-state index contributed by atoms with van der Waals surface area (Å²) in [6, 6.07) is 6.07. The van der Waals surface area contributed by atoms with Crippen molar-refractivity contribution in [2.45, 2.75) is 19.9 Å². The molecule has 2 unspecified atom stereocenters. The molecule has 0 aliphatic carbocycles. The predicted molar refractivity (Wildman–Crippen MR) is 79.9 cm³/mol. The van der Waals surface area contributed by atoms with E-state index in [2.05, 4.69) is 41.2 Å². The third-order valence-electron chi connectivity index (χ3n) is 3.32. The smallest absolute Gasteiger partial charge is 0.133 e. The van der Waals surface area contributed by atoms with Crippen LogP contribution in [-0.2, 0) is 0 Å². The van der Waals surface area contributed by atoms with Crippen LogP contribution in [0.25, 0.3) is 0 Å². The highest BCUT2D eigenvalue weighted by atomic mass is 79.9. The van der Waals surface area contributed by atoms with Gasteiger partial charge in [-0.2, -0.15) is 0 Å². The van der Waals surface area contributed by atoms with E-state index in [1.54, 1.807) is 7.11 Å². The van der Waals surface area contributed by atoms with E-state index in [4.69, 9.17) is 10.5 Å². The van der Waals surface area contributed by atoms with E-state index in [1.807, 2.05) is 19.2 Å². The number of ether oxygens (including phenoxy) is 1. The molecule has 1 rings (SSSR count). The molecule has 0 amide bonds. The maximum atomic E-state index is 6.39. The van der Waals surface area contributed by atoms with Gasteiger partial charge in [-0.15, -0.1) is 0 Å². The molecule has 1 aromatic rings. The molecular formula is C14H23BrN2O. The third-order valence-corrected chi connectivity index (χ3v) is 3.94. The maximum Gasteiger partial charge on any atom is 0.133 e. The summed E-state index contributed by atoms with van der Waals surface area (Å²) in [6.07, 6.45) is 0. The zero-order valence-corrected chi connectivity index (χ0v) is 13.1. The van der Waals surface area contributed by atoms with Gasteiger partial charge in [0.25, 0.3) is 0 Å². The Morgan fingerprint density at radius 1 is 1.39 bits per heavy atom. The molecule has 0 spiro atoms. The van der Waals surface area contributed by atoms with Gasteiger partial charge in [-0.3, -0.25) is 0 Å². The molecule has 0 heterocycles. The minimum atomic E-state index is 0.0275. The molecule has 0 radical (unpaired) electrons. The van der Waals surface area contributed by atoms with Crippen LogP contribution >= 0.6 is 15.9 Å². The van der Waals surface area contributed by atoms with Crippen LogP contribution < -0.4 is 15.8 Å². The highest BCUT2D eigenvalue weighted by Gasteiger charge is 2.22. The first-order valence-corrected chi connectivity index (χ1v) is 7.04. The summed E-state index contributed by atoms with van der Waals surface area (Å²) in [4.78, 5) is 0. The normalized spacial score (nSPS) is 14.6. The Hall–Kier alpha value is -0.580. The molecule has 0 aliphatic rings. The summed E-state index contributed by atoms with van der Waals surface area (Å²) >= 11 is 3.50. The highest BCUT2D eigenvalue weighted by Crippen LogP contribution is 2.31. The third kappa shape index (κ3) is 3.70. The first-order chi connectivity index (χ1) is 8.51. The van der Waals surface area contributed by atoms with Crippen molar-refractivity contribution in [2.75, 3.05) is 20.7 Å². The van der Waals surface area contributed by atoms with Crippen LogP contribution in [-0.4, -0.2) is 20.7 Å². The minimum Gasteiger partial charge on any atom is -0.496 e. The second kappa shape index (κ2) is 7.12. The number of hydrogen-bond acceptors (Lipinski definition) is 3. The van der Waals surface area contributed by atoms with E-state index < -0.39 is 0 Å². The van der Waals surface area contributed by atoms with Crippen molar-refractivity contribution < 1.29 is 4.74 Å². The zero-order chi connectivity index (χ0) is 13.7. The molecule has 0 aliphatic heterocycles. The van der Waals surface area contributed by atoms with Crippen molar-refractivity contribution in [3.8, 4) is 5.75 Å². The van der Waals surface area contributed by atoms with Gasteiger partial charge in [-0.05, 0) is 59.1 Å². The molecular weight excluding hydrogens is 292 g/mol. The van der Waals surface area contributed by atoms with E-state index in [1.165, 1.54) is 0 Å². The van der Waals surface area contributed by atoms with Crippen LogP contribution in [0.1, 0.15) is 25.5 Å². The fraction of sp³-hybridized carbons (Fsp3) is 0.571. The SMILES string of the molecule is CNCC(C(C)C)C(N)c1ccc(OC)c(Br)c1. The van der Waals surface area contributed by atoms with Gasteiger partial charge in [-0.1, -0.05) is 19.9 Å². The Labute approximate surface area is 118 Å². The maximum absolute atomic E-state index is 6.39. The summed E-state index contributed by atoms with van der Waals surface area (Å²) in [7, 11) is 3.63. The second-order valence-corrected chi connectivity index (χ2v) is 5.74. The van der Waals surface area contributed by atoms with Crippen molar-refractivity contribution in [1.29, 1.82) is 0 Å². The van der Waals surface area contributed by atoms with Crippen molar-refractivity contribution in [1.82, 2.24) is 5.32 Å². The van der Waals surface area contributed by atoms with Gasteiger partial charge in [0, 0.05) is 6.04 Å². The lowest BCUT2D eigenvalue weighted by atomic mass is 9.85. The van der Waals surface area contributed by atoms with Crippen molar-refractivity contribution in [3.63, 3.8) is 0 Å². The lowest BCUT2D eigenvalue weighted by Crippen LogP contribution is -2.33. The molecule has 0 saturated heterocycles. The molecule has 3 N–H and O–H groups in total. The van der Waals surface area contributed by atoms with Crippen LogP contribution in [0.5, 0.6) is 5.75 Å². The van der Waals surface area contributed by atoms with Crippen molar-refractivity contribution in [3.05, 3.63) is 28.2 Å². The van der Waals surface area contributed by atoms with Gasteiger partial charge in [0.05, 0.1) is 11.6 Å². The van der Waals surface area contributed by atoms with Crippen molar-refractivity contribution >= 4 is 15.9 Å². The summed E-state index contributed by atoms with van der Waals surface area (Å²) in [5.41, 5.74) is 7.52. The van der Waals surface area contributed by atoms with E-state index in [0.717, 1.165) is 22.3 Å². The highest BCUT2D eigenvalue weighted by molar-refractivity contribution is 9.10. The Morgan fingerprint density at radius 2 is 2.06 bits per heavy atom. The van der Waals surface area contributed by atoms with Gasteiger partial charge in [0.1, 0.15) is 5.75 Å². The number of nitrogens with one attached hydrogen (secondary N) is 1. The Morgan fingerprint density at radius 3 is 2.50 bits per heavy atom. The monoisotopic (exact) mass is 314 g/mol. The number of halogens is 1. The topological polar surface area (TPSA) is 47.3 Å². The molecule has 4 heteroatoms. The average molecular weight is 315 g/mol. The molecule has 0 fully saturated rings. The van der Waals surface area contributed by atoms with Gasteiger partial charge < -0.3 is 15.8 Å². The van der Waals surface area contributed by atoms with E-state index in [0.29, 0.717) is 11.8 Å². The van der Waals surface area contributed by atoms with Crippen LogP contribution in [0.3, 0.4) is 0 Å². The zero-order valence-electron chi connectivity index (χ0n) is 11.5. The van der Waals surface area contributed by atoms with Gasteiger partial charge in [0.2, 0.25) is 0 Å². The second-order valence-electron chi connectivity index (χ2n) is 4.89. The van der Waals surface area contributed by atoms with Gasteiger partial charge in [-0.25, -0.2) is 0 Å². The average Bonchev–Trinajstić information content (AvgIpc) is 2.34. The Kier molecular flexibility index (Phi) is 6.12. The number of methoxy groups -OCH3 is 1. The lowest BCUT2D eigenvalue weighted by Gasteiger charge is -2.27. The van der Waals surface area contributed by atoms with Crippen LogP contribution in [0.15, 0.2) is 22.7 Å². The summed E-state index contributed by atoms with van der Waals surface area (Å²) in [5, 5.41) is 3.22. The van der Waals surface area contributed by atoms with Crippen LogP contribution in [0.4, 0.5) is 0 Å². The summed E-state index contributed by atoms with van der Waals surface area (Å²) < 4.78 is 6.18. The Bertz CT molecular complexity index is 382. The van der Waals surface area contributed by atoms with E-state index in [-0.39, 0.29) is 6.04 Å². The molecule has 0 saturated carbocycles. The fourth-order valence-electron chi connectivity index (χ4n) is 2.15. The number of hydrogen-bond donors (Lipinski definition) is 2. The lowest BCUT2D eigenvalue weighted by molar-refractivity contribution is 0.314. The molecule has 18 heavy (non-hydrogen) atoms. The van der Waals surface area contributed by atoms with Gasteiger partial charge >= 0.3 is 0 Å². The predicted octanol–water partition coefficient (Wildman–Crippen LogP) is 2.95. The number of benzene rings is 1. The molecule has 1 aromatic carbocycles. The summed E-state index contributed by atoms with van der Waals surface area (Å²) in [6.45, 7) is 5.34. The molecule has 102 valence electrons. The largest absolute Gasteiger partial charge is 0.496 e. The number of rotatable bonds is 6. The fourth-order valence-corrected chi connectivity index (χ4v) is 2.71. The Balaban J connectivity index is 2.94. The molecule has 3 nitrogen and oxygen atoms in total. The minimum absolute atomic E-state index is 0.0275. The molecule has 2 atom stereocenters. The van der Waals surface area contributed by atoms with E-state index >= 15 is 0 Å². The van der Waals surface area contributed by atoms with Crippen LogP contribution in [0, 0.1) is 11.8 Å². The number of nitrogens with two attached hydrogens (primary N) is 1.